The predicted molar refractivity (Wildman–Crippen MR) is 94.0 cm³/mol. The second-order valence-corrected chi connectivity index (χ2v) is 6.06. The first-order chi connectivity index (χ1) is 11.2. The molecule has 0 radical (unpaired) electrons. The van der Waals surface area contributed by atoms with Gasteiger partial charge in [-0.3, -0.25) is 0 Å². The highest BCUT2D eigenvalue weighted by Crippen LogP contribution is 2.22. The summed E-state index contributed by atoms with van der Waals surface area (Å²) in [7, 11) is 0. The van der Waals surface area contributed by atoms with Gasteiger partial charge in [0, 0.05) is 18.1 Å². The Hall–Kier alpha value is -1.85. The van der Waals surface area contributed by atoms with E-state index < -0.39 is 0 Å². The zero-order chi connectivity index (χ0) is 16.2. The number of hydrogen-bond acceptors (Lipinski definition) is 4. The fraction of sp³-hybridized carbons (Fsp3) is 0.312. The molecule has 1 aromatic carbocycles. The number of fused-ring (bicyclic) bond motifs is 1. The van der Waals surface area contributed by atoms with E-state index in [0.29, 0.717) is 12.4 Å². The number of rotatable bonds is 6. The first kappa shape index (κ1) is 16.0. The minimum absolute atomic E-state index is 0.217. The molecule has 0 aliphatic carbocycles. The number of benzene rings is 1. The molecule has 0 unspecified atom stereocenters. The van der Waals surface area contributed by atoms with Crippen LogP contribution in [-0.4, -0.2) is 19.5 Å². The molecular weight excluding hydrogens is 333 g/mol. The van der Waals surface area contributed by atoms with Gasteiger partial charge in [0.15, 0.2) is 17.0 Å². The lowest BCUT2D eigenvalue weighted by Gasteiger charge is -2.08. The van der Waals surface area contributed by atoms with E-state index in [0.717, 1.165) is 41.1 Å². The van der Waals surface area contributed by atoms with Crippen molar-refractivity contribution in [2.24, 2.45) is 0 Å². The van der Waals surface area contributed by atoms with Gasteiger partial charge in [0.25, 0.3) is 0 Å². The van der Waals surface area contributed by atoms with E-state index in [1.807, 2.05) is 28.8 Å². The summed E-state index contributed by atoms with van der Waals surface area (Å²) in [6.45, 7) is 3.64. The van der Waals surface area contributed by atoms with E-state index >= 15 is 0 Å². The summed E-state index contributed by atoms with van der Waals surface area (Å²) in [6.07, 6.45) is 3.97. The number of halogens is 2. The second kappa shape index (κ2) is 7.15. The van der Waals surface area contributed by atoms with Gasteiger partial charge in [-0.2, -0.15) is 9.97 Å². The maximum atomic E-state index is 6.07. The van der Waals surface area contributed by atoms with Crippen LogP contribution in [-0.2, 0) is 13.1 Å². The highest BCUT2D eigenvalue weighted by Gasteiger charge is 2.12. The van der Waals surface area contributed by atoms with E-state index in [-0.39, 0.29) is 5.28 Å². The van der Waals surface area contributed by atoms with Crippen molar-refractivity contribution >= 4 is 40.2 Å². The Morgan fingerprint density at radius 2 is 1.91 bits per heavy atom. The molecule has 5 nitrogen and oxygen atoms in total. The van der Waals surface area contributed by atoms with Crippen molar-refractivity contribution in [1.29, 1.82) is 0 Å². The molecule has 0 bridgehead atoms. The fourth-order valence-electron chi connectivity index (χ4n) is 2.32. The molecule has 3 rings (SSSR count). The molecule has 23 heavy (non-hydrogen) atoms. The fourth-order valence-corrected chi connectivity index (χ4v) is 2.61. The van der Waals surface area contributed by atoms with Crippen LogP contribution in [0.25, 0.3) is 11.2 Å². The molecule has 1 N–H and O–H groups in total. The Balaban J connectivity index is 1.85. The normalized spacial score (nSPS) is 11.1. The maximum Gasteiger partial charge on any atom is 0.226 e. The number of nitrogens with one attached hydrogen (secondary N) is 1. The smallest absolute Gasteiger partial charge is 0.226 e. The van der Waals surface area contributed by atoms with Crippen molar-refractivity contribution in [1.82, 2.24) is 19.5 Å². The van der Waals surface area contributed by atoms with Crippen molar-refractivity contribution in [3.05, 3.63) is 46.5 Å². The molecule has 2 heterocycles. The van der Waals surface area contributed by atoms with E-state index in [2.05, 4.69) is 27.2 Å². The van der Waals surface area contributed by atoms with Crippen LogP contribution in [0, 0.1) is 0 Å². The average molecular weight is 350 g/mol. The van der Waals surface area contributed by atoms with Crippen molar-refractivity contribution in [2.45, 2.75) is 32.9 Å². The standard InChI is InChI=1S/C16H17Cl2N5/c1-2-3-8-23-10-20-13-14(21-16(18)22-15(13)23)19-9-11-4-6-12(17)7-5-11/h4-7,10H,2-3,8-9H2,1H3,(H,19,21,22). The first-order valence-corrected chi connectivity index (χ1v) is 8.29. The van der Waals surface area contributed by atoms with Gasteiger partial charge in [0.1, 0.15) is 0 Å². The van der Waals surface area contributed by atoms with Crippen LogP contribution in [0.1, 0.15) is 25.3 Å². The Labute approximate surface area is 144 Å². The summed E-state index contributed by atoms with van der Waals surface area (Å²) in [5.74, 6) is 0.644. The molecule has 0 aliphatic heterocycles. The number of aromatic nitrogens is 4. The quantitative estimate of drug-likeness (QED) is 0.663. The third-order valence-electron chi connectivity index (χ3n) is 3.56. The Morgan fingerprint density at radius 3 is 2.65 bits per heavy atom. The maximum absolute atomic E-state index is 6.07. The zero-order valence-electron chi connectivity index (χ0n) is 12.8. The summed E-state index contributed by atoms with van der Waals surface area (Å²) in [5, 5.41) is 4.21. The van der Waals surface area contributed by atoms with Gasteiger partial charge in [-0.15, -0.1) is 0 Å². The molecule has 0 fully saturated rings. The lowest BCUT2D eigenvalue weighted by Crippen LogP contribution is -2.04. The minimum atomic E-state index is 0.217. The lowest BCUT2D eigenvalue weighted by molar-refractivity contribution is 0.641. The second-order valence-electron chi connectivity index (χ2n) is 5.28. The molecule has 7 heteroatoms. The van der Waals surface area contributed by atoms with Gasteiger partial charge in [0.05, 0.1) is 6.33 Å². The van der Waals surface area contributed by atoms with E-state index in [9.17, 15) is 0 Å². The van der Waals surface area contributed by atoms with Gasteiger partial charge >= 0.3 is 0 Å². The SMILES string of the molecule is CCCCn1cnc2c(NCc3ccc(Cl)cc3)nc(Cl)nc21. The summed E-state index contributed by atoms with van der Waals surface area (Å²) < 4.78 is 2.01. The third kappa shape index (κ3) is 3.74. The number of aryl methyl sites for hydroxylation is 1. The molecule has 0 saturated carbocycles. The molecule has 0 atom stereocenters. The van der Waals surface area contributed by atoms with Crippen LogP contribution >= 0.6 is 23.2 Å². The first-order valence-electron chi connectivity index (χ1n) is 7.54. The largest absolute Gasteiger partial charge is 0.364 e. The topological polar surface area (TPSA) is 55.6 Å². The Kier molecular flexibility index (Phi) is 4.98. The molecule has 3 aromatic rings. The summed E-state index contributed by atoms with van der Waals surface area (Å²) in [5.41, 5.74) is 2.60. The summed E-state index contributed by atoms with van der Waals surface area (Å²) >= 11 is 12.0. The van der Waals surface area contributed by atoms with Gasteiger partial charge in [-0.25, -0.2) is 4.98 Å². The van der Waals surface area contributed by atoms with Crippen molar-refractivity contribution in [3.63, 3.8) is 0 Å². The number of imidazole rings is 1. The summed E-state index contributed by atoms with van der Waals surface area (Å²) in [6, 6.07) is 7.66. The van der Waals surface area contributed by atoms with Crippen molar-refractivity contribution in [2.75, 3.05) is 5.32 Å². The predicted octanol–water partition coefficient (Wildman–Crippen LogP) is 4.55. The summed E-state index contributed by atoms with van der Waals surface area (Å²) in [4.78, 5) is 13.0. The van der Waals surface area contributed by atoms with E-state index in [1.54, 1.807) is 6.33 Å². The highest BCUT2D eigenvalue weighted by atomic mass is 35.5. The molecule has 0 saturated heterocycles. The molecule has 0 aliphatic rings. The molecule has 0 spiro atoms. The van der Waals surface area contributed by atoms with Crippen LogP contribution in [0.5, 0.6) is 0 Å². The molecular formula is C16H17Cl2N5. The van der Waals surface area contributed by atoms with Crippen LogP contribution in [0.2, 0.25) is 10.3 Å². The highest BCUT2D eigenvalue weighted by molar-refractivity contribution is 6.30. The molecule has 2 aromatic heterocycles. The molecule has 0 amide bonds. The third-order valence-corrected chi connectivity index (χ3v) is 3.98. The van der Waals surface area contributed by atoms with E-state index in [1.165, 1.54) is 0 Å². The Bertz CT molecular complexity index is 798. The van der Waals surface area contributed by atoms with Crippen LogP contribution in [0.4, 0.5) is 5.82 Å². The Morgan fingerprint density at radius 1 is 1.13 bits per heavy atom. The lowest BCUT2D eigenvalue weighted by atomic mass is 10.2. The van der Waals surface area contributed by atoms with Gasteiger partial charge in [-0.1, -0.05) is 37.1 Å². The van der Waals surface area contributed by atoms with E-state index in [4.69, 9.17) is 23.2 Å². The van der Waals surface area contributed by atoms with Gasteiger partial charge < -0.3 is 9.88 Å². The number of anilines is 1. The average Bonchev–Trinajstić information content (AvgIpc) is 2.95. The van der Waals surface area contributed by atoms with Gasteiger partial charge in [0.2, 0.25) is 5.28 Å². The number of hydrogen-bond donors (Lipinski definition) is 1. The number of nitrogens with zero attached hydrogens (tertiary/aromatic N) is 4. The van der Waals surface area contributed by atoms with Gasteiger partial charge in [-0.05, 0) is 35.7 Å². The number of unbranched alkanes of at least 4 members (excludes halogenated alkanes) is 1. The zero-order valence-corrected chi connectivity index (χ0v) is 14.3. The van der Waals surface area contributed by atoms with Crippen LogP contribution in [0.3, 0.4) is 0 Å². The van der Waals surface area contributed by atoms with Crippen LogP contribution < -0.4 is 5.32 Å². The van der Waals surface area contributed by atoms with Crippen molar-refractivity contribution < 1.29 is 0 Å². The van der Waals surface area contributed by atoms with Crippen LogP contribution in [0.15, 0.2) is 30.6 Å². The monoisotopic (exact) mass is 349 g/mol. The molecule has 120 valence electrons. The minimum Gasteiger partial charge on any atom is -0.364 e. The van der Waals surface area contributed by atoms with Crippen molar-refractivity contribution in [3.8, 4) is 0 Å².